The maximum absolute atomic E-state index is 5.10. The third-order valence-electron chi connectivity index (χ3n) is 2.36. The number of hydrogen-bond acceptors (Lipinski definition) is 2. The average molecular weight is 272 g/mol. The fourth-order valence-corrected chi connectivity index (χ4v) is 1.79. The van der Waals surface area contributed by atoms with Crippen LogP contribution in [0, 0.1) is 12.8 Å². The van der Waals surface area contributed by atoms with Gasteiger partial charge in [0.15, 0.2) is 0 Å². The summed E-state index contributed by atoms with van der Waals surface area (Å²) in [5, 5.41) is 3.43. The van der Waals surface area contributed by atoms with E-state index in [2.05, 4.69) is 47.2 Å². The van der Waals surface area contributed by atoms with Crippen LogP contribution in [0.1, 0.15) is 12.5 Å². The first-order valence-corrected chi connectivity index (χ1v) is 5.92. The zero-order valence-electron chi connectivity index (χ0n) is 9.51. The SMILES string of the molecule is COCC(C)CNc1cccc(Br)c1C. The Hall–Kier alpha value is -0.540. The van der Waals surface area contributed by atoms with Gasteiger partial charge >= 0.3 is 0 Å². The Morgan fingerprint density at radius 3 is 2.87 bits per heavy atom. The summed E-state index contributed by atoms with van der Waals surface area (Å²) in [5.74, 6) is 0.522. The lowest BCUT2D eigenvalue weighted by atomic mass is 10.1. The van der Waals surface area contributed by atoms with Crippen molar-refractivity contribution < 1.29 is 4.74 Å². The number of ether oxygens (including phenoxy) is 1. The largest absolute Gasteiger partial charge is 0.384 e. The van der Waals surface area contributed by atoms with Crippen molar-refractivity contribution >= 4 is 21.6 Å². The highest BCUT2D eigenvalue weighted by Gasteiger charge is 2.04. The first kappa shape index (κ1) is 12.5. The second kappa shape index (κ2) is 6.13. The van der Waals surface area contributed by atoms with Crippen LogP contribution in [0.2, 0.25) is 0 Å². The van der Waals surface area contributed by atoms with Crippen LogP contribution in [-0.2, 0) is 4.74 Å². The summed E-state index contributed by atoms with van der Waals surface area (Å²) in [4.78, 5) is 0. The summed E-state index contributed by atoms with van der Waals surface area (Å²) >= 11 is 3.52. The van der Waals surface area contributed by atoms with E-state index >= 15 is 0 Å². The zero-order chi connectivity index (χ0) is 11.3. The topological polar surface area (TPSA) is 21.3 Å². The van der Waals surface area contributed by atoms with Crippen LogP contribution in [0.25, 0.3) is 0 Å². The summed E-state index contributed by atoms with van der Waals surface area (Å²) in [6.07, 6.45) is 0. The maximum atomic E-state index is 5.10. The van der Waals surface area contributed by atoms with Crippen LogP contribution in [0.5, 0.6) is 0 Å². The molecule has 1 aromatic rings. The summed E-state index contributed by atoms with van der Waals surface area (Å²) in [7, 11) is 1.74. The lowest BCUT2D eigenvalue weighted by molar-refractivity contribution is 0.164. The molecule has 2 nitrogen and oxygen atoms in total. The van der Waals surface area contributed by atoms with Gasteiger partial charge in [-0.3, -0.25) is 0 Å². The van der Waals surface area contributed by atoms with Crippen molar-refractivity contribution in [2.24, 2.45) is 5.92 Å². The number of anilines is 1. The number of nitrogens with one attached hydrogen (secondary N) is 1. The Bertz CT molecular complexity index is 314. The van der Waals surface area contributed by atoms with Crippen molar-refractivity contribution in [2.75, 3.05) is 25.6 Å². The van der Waals surface area contributed by atoms with Gasteiger partial charge in [-0.05, 0) is 30.5 Å². The molecule has 0 aliphatic carbocycles. The highest BCUT2D eigenvalue weighted by Crippen LogP contribution is 2.23. The molecule has 0 saturated heterocycles. The molecule has 0 heterocycles. The normalized spacial score (nSPS) is 12.5. The molecule has 1 rings (SSSR count). The van der Waals surface area contributed by atoms with E-state index in [1.165, 1.54) is 11.3 Å². The van der Waals surface area contributed by atoms with E-state index in [1.54, 1.807) is 7.11 Å². The zero-order valence-corrected chi connectivity index (χ0v) is 11.1. The second-order valence-electron chi connectivity index (χ2n) is 3.85. The predicted molar refractivity (Wildman–Crippen MR) is 68.4 cm³/mol. The van der Waals surface area contributed by atoms with Gasteiger partial charge in [0.2, 0.25) is 0 Å². The van der Waals surface area contributed by atoms with Crippen molar-refractivity contribution in [3.05, 3.63) is 28.2 Å². The van der Waals surface area contributed by atoms with Gasteiger partial charge in [0.1, 0.15) is 0 Å². The van der Waals surface area contributed by atoms with Crippen molar-refractivity contribution in [3.63, 3.8) is 0 Å². The molecule has 0 saturated carbocycles. The molecule has 1 N–H and O–H groups in total. The Morgan fingerprint density at radius 1 is 1.47 bits per heavy atom. The highest BCUT2D eigenvalue weighted by molar-refractivity contribution is 9.10. The van der Waals surface area contributed by atoms with Crippen LogP contribution >= 0.6 is 15.9 Å². The fraction of sp³-hybridized carbons (Fsp3) is 0.500. The van der Waals surface area contributed by atoms with Crippen molar-refractivity contribution in [2.45, 2.75) is 13.8 Å². The molecule has 0 bridgehead atoms. The van der Waals surface area contributed by atoms with Gasteiger partial charge in [-0.1, -0.05) is 28.9 Å². The molecule has 3 heteroatoms. The van der Waals surface area contributed by atoms with Crippen molar-refractivity contribution in [1.29, 1.82) is 0 Å². The summed E-state index contributed by atoms with van der Waals surface area (Å²) in [5.41, 5.74) is 2.44. The van der Waals surface area contributed by atoms with Gasteiger partial charge < -0.3 is 10.1 Å². The standard InChI is InChI=1S/C12H18BrNO/c1-9(8-15-3)7-14-12-6-4-5-11(13)10(12)2/h4-6,9,14H,7-8H2,1-3H3. The lowest BCUT2D eigenvalue weighted by Gasteiger charge is -2.14. The van der Waals surface area contributed by atoms with E-state index in [4.69, 9.17) is 4.74 Å². The van der Waals surface area contributed by atoms with Gasteiger partial charge in [-0.2, -0.15) is 0 Å². The van der Waals surface area contributed by atoms with Gasteiger partial charge in [0.05, 0.1) is 6.61 Å². The van der Waals surface area contributed by atoms with Crippen molar-refractivity contribution in [1.82, 2.24) is 0 Å². The molecule has 0 aromatic heterocycles. The molecule has 1 aromatic carbocycles. The predicted octanol–water partition coefficient (Wildman–Crippen LogP) is 3.45. The van der Waals surface area contributed by atoms with Gasteiger partial charge in [0.25, 0.3) is 0 Å². The smallest absolute Gasteiger partial charge is 0.0504 e. The molecular formula is C12H18BrNO. The van der Waals surface area contributed by atoms with Crippen molar-refractivity contribution in [3.8, 4) is 0 Å². The first-order chi connectivity index (χ1) is 7.15. The third-order valence-corrected chi connectivity index (χ3v) is 3.22. The number of benzene rings is 1. The molecule has 0 aliphatic heterocycles. The van der Waals surface area contributed by atoms with Crippen LogP contribution in [0.4, 0.5) is 5.69 Å². The van der Waals surface area contributed by atoms with E-state index in [0.29, 0.717) is 5.92 Å². The lowest BCUT2D eigenvalue weighted by Crippen LogP contribution is -2.16. The molecule has 15 heavy (non-hydrogen) atoms. The van der Waals surface area contributed by atoms with Gasteiger partial charge in [-0.25, -0.2) is 0 Å². The molecule has 1 unspecified atom stereocenters. The number of rotatable bonds is 5. The minimum absolute atomic E-state index is 0.522. The molecule has 84 valence electrons. The minimum atomic E-state index is 0.522. The number of hydrogen-bond donors (Lipinski definition) is 1. The Morgan fingerprint density at radius 2 is 2.20 bits per heavy atom. The maximum Gasteiger partial charge on any atom is 0.0504 e. The number of methoxy groups -OCH3 is 1. The van der Waals surface area contributed by atoms with E-state index in [9.17, 15) is 0 Å². The molecule has 0 fully saturated rings. The Labute approximate surface area is 100 Å². The summed E-state index contributed by atoms with van der Waals surface area (Å²) < 4.78 is 6.24. The van der Waals surface area contributed by atoms with Crippen LogP contribution < -0.4 is 5.32 Å². The molecule has 0 radical (unpaired) electrons. The minimum Gasteiger partial charge on any atom is -0.384 e. The van der Waals surface area contributed by atoms with Crippen LogP contribution in [0.15, 0.2) is 22.7 Å². The highest BCUT2D eigenvalue weighted by atomic mass is 79.9. The van der Waals surface area contributed by atoms with E-state index in [-0.39, 0.29) is 0 Å². The summed E-state index contributed by atoms with van der Waals surface area (Å²) in [6.45, 7) is 6.00. The third kappa shape index (κ3) is 3.84. The first-order valence-electron chi connectivity index (χ1n) is 5.13. The molecule has 1 atom stereocenters. The van der Waals surface area contributed by atoms with Gasteiger partial charge in [0, 0.05) is 23.8 Å². The quantitative estimate of drug-likeness (QED) is 0.886. The Kier molecular flexibility index (Phi) is 5.12. The second-order valence-corrected chi connectivity index (χ2v) is 4.71. The van der Waals surface area contributed by atoms with E-state index in [0.717, 1.165) is 17.6 Å². The Balaban J connectivity index is 2.54. The van der Waals surface area contributed by atoms with Crippen LogP contribution in [-0.4, -0.2) is 20.3 Å². The summed E-state index contributed by atoms with van der Waals surface area (Å²) in [6, 6.07) is 6.19. The average Bonchev–Trinajstić information content (AvgIpc) is 2.21. The van der Waals surface area contributed by atoms with E-state index < -0.39 is 0 Å². The molecule has 0 spiro atoms. The van der Waals surface area contributed by atoms with Gasteiger partial charge in [-0.15, -0.1) is 0 Å². The van der Waals surface area contributed by atoms with E-state index in [1.807, 2.05) is 6.07 Å². The monoisotopic (exact) mass is 271 g/mol. The number of halogens is 1. The molecule has 0 aliphatic rings. The fourth-order valence-electron chi connectivity index (χ4n) is 1.43. The molecule has 0 amide bonds. The molecular weight excluding hydrogens is 254 g/mol. The van der Waals surface area contributed by atoms with Crippen LogP contribution in [0.3, 0.4) is 0 Å².